The van der Waals surface area contributed by atoms with E-state index in [-0.39, 0.29) is 30.3 Å². The number of halogens is 3. The van der Waals surface area contributed by atoms with Gasteiger partial charge in [-0.3, -0.25) is 4.79 Å². The normalized spacial score (nSPS) is 21.2. The van der Waals surface area contributed by atoms with Crippen molar-refractivity contribution >= 4 is 23.8 Å². The van der Waals surface area contributed by atoms with Gasteiger partial charge in [-0.15, -0.1) is 0 Å². The Bertz CT molecular complexity index is 1270. The summed E-state index contributed by atoms with van der Waals surface area (Å²) in [5, 5.41) is 15.6. The van der Waals surface area contributed by atoms with E-state index in [2.05, 4.69) is 24.9 Å². The lowest BCUT2D eigenvalue weighted by molar-refractivity contribution is -0.137. The van der Waals surface area contributed by atoms with Crippen molar-refractivity contribution in [2.75, 3.05) is 11.9 Å². The Labute approximate surface area is 229 Å². The summed E-state index contributed by atoms with van der Waals surface area (Å²) in [4.78, 5) is 16.7. The van der Waals surface area contributed by atoms with Gasteiger partial charge in [0.15, 0.2) is 5.78 Å². The molecule has 1 aliphatic rings. The summed E-state index contributed by atoms with van der Waals surface area (Å²) in [5.74, 6) is 0.874. The van der Waals surface area contributed by atoms with Crippen LogP contribution in [-0.2, 0) is 11.0 Å². The van der Waals surface area contributed by atoms with Gasteiger partial charge >= 0.3 is 6.18 Å². The number of unbranched alkanes of at least 4 members (excludes halogenated alkanes) is 1. The van der Waals surface area contributed by atoms with E-state index in [0.717, 1.165) is 66.7 Å². The van der Waals surface area contributed by atoms with Crippen LogP contribution in [0.5, 0.6) is 0 Å². The van der Waals surface area contributed by atoms with E-state index in [1.54, 1.807) is 6.20 Å². The lowest BCUT2D eigenvalue weighted by atomic mass is 9.88. The van der Waals surface area contributed by atoms with Crippen LogP contribution in [0.3, 0.4) is 0 Å². The van der Waals surface area contributed by atoms with E-state index >= 15 is 0 Å². The minimum atomic E-state index is -4.40. The number of aliphatic hydroxyl groups excluding tert-OH is 1. The molecular formula is C32H39F3N2O2. The molecule has 3 rings (SSSR count). The number of aromatic nitrogens is 1. The summed E-state index contributed by atoms with van der Waals surface area (Å²) in [6, 6.07) is 5.16. The molecular weight excluding hydrogens is 501 g/mol. The van der Waals surface area contributed by atoms with Crippen LogP contribution in [0.2, 0.25) is 0 Å². The standard InChI is InChI=1S/C32H39F3N2O2/c1-4-7-11-27-28(12-8-5-2)31(36-20-29(27)23-14-16-25(17-15-23)32(33,34)35)37-30-13-9-10-22(18-24(30)21-38)19-26(39)6-3/h5-6,8,11-12,14-17,20,22,24,30,38H,3-4,7,9-10,13,18-19,21H2,1-2H3,(H,36,37)/b8-5-,27-11-,28-12+/t22?,24-,30+/m0/s1. The van der Waals surface area contributed by atoms with Crippen LogP contribution in [0.4, 0.5) is 19.0 Å². The predicted octanol–water partition coefficient (Wildman–Crippen LogP) is 6.43. The molecule has 0 radical (unpaired) electrons. The fourth-order valence-corrected chi connectivity index (χ4v) is 5.29. The number of pyridine rings is 1. The fourth-order valence-electron chi connectivity index (χ4n) is 5.29. The van der Waals surface area contributed by atoms with Crippen LogP contribution >= 0.6 is 0 Å². The van der Waals surface area contributed by atoms with Crippen molar-refractivity contribution in [3.05, 3.63) is 71.3 Å². The molecule has 0 spiro atoms. The minimum Gasteiger partial charge on any atom is -0.396 e. The molecule has 0 aliphatic heterocycles. The number of nitrogens with zero attached hydrogens (tertiary/aromatic N) is 1. The third-order valence-electron chi connectivity index (χ3n) is 7.38. The third-order valence-corrected chi connectivity index (χ3v) is 7.38. The number of ketones is 1. The van der Waals surface area contributed by atoms with E-state index in [1.165, 1.54) is 18.2 Å². The van der Waals surface area contributed by atoms with Crippen LogP contribution in [0.25, 0.3) is 23.3 Å². The van der Waals surface area contributed by atoms with Gasteiger partial charge < -0.3 is 10.4 Å². The highest BCUT2D eigenvalue weighted by molar-refractivity contribution is 5.89. The number of carbonyl (C=O) groups excluding carboxylic acids is 1. The molecule has 0 amide bonds. The van der Waals surface area contributed by atoms with Gasteiger partial charge in [0.25, 0.3) is 0 Å². The number of allylic oxidation sites excluding steroid dienone is 3. The number of anilines is 1. The lowest BCUT2D eigenvalue weighted by Crippen LogP contribution is -2.38. The van der Waals surface area contributed by atoms with Crippen molar-refractivity contribution in [1.82, 2.24) is 4.98 Å². The van der Waals surface area contributed by atoms with E-state index in [0.29, 0.717) is 17.8 Å². The minimum absolute atomic E-state index is 0.00279. The number of benzene rings is 1. The van der Waals surface area contributed by atoms with Crippen LogP contribution in [-0.4, -0.2) is 28.5 Å². The molecule has 0 bridgehead atoms. The first-order valence-corrected chi connectivity index (χ1v) is 13.7. The number of rotatable bonds is 10. The Morgan fingerprint density at radius 1 is 1.21 bits per heavy atom. The Hall–Kier alpha value is -3.19. The summed E-state index contributed by atoms with van der Waals surface area (Å²) >= 11 is 0. The molecule has 0 saturated heterocycles. The number of hydrogen-bond acceptors (Lipinski definition) is 4. The SMILES string of the molecule is C=CC(=O)CC1CCC[C@@H](Nc2ncc(-c3ccc(C(F)(F)F)cc3)c(=C\CCC)/c2=C\C=C/C)[C@H](CO)C1. The number of alkyl halides is 3. The van der Waals surface area contributed by atoms with Gasteiger partial charge in [-0.2, -0.15) is 13.2 Å². The lowest BCUT2D eigenvalue weighted by Gasteiger charge is -2.27. The molecule has 2 aromatic rings. The van der Waals surface area contributed by atoms with Gasteiger partial charge in [-0.25, -0.2) is 4.98 Å². The smallest absolute Gasteiger partial charge is 0.396 e. The number of aliphatic hydroxyl groups is 1. The topological polar surface area (TPSA) is 62.2 Å². The van der Waals surface area contributed by atoms with E-state index in [1.807, 2.05) is 25.2 Å². The Kier molecular flexibility index (Phi) is 11.1. The summed E-state index contributed by atoms with van der Waals surface area (Å²) in [7, 11) is 0. The second-order valence-electron chi connectivity index (χ2n) is 10.2. The molecule has 210 valence electrons. The van der Waals surface area contributed by atoms with Gasteiger partial charge in [0.05, 0.1) is 5.56 Å². The molecule has 3 atom stereocenters. The van der Waals surface area contributed by atoms with Crippen molar-refractivity contribution in [3.8, 4) is 11.1 Å². The zero-order chi connectivity index (χ0) is 28.4. The van der Waals surface area contributed by atoms with Gasteiger partial charge in [0.1, 0.15) is 5.82 Å². The maximum atomic E-state index is 13.2. The van der Waals surface area contributed by atoms with Crippen LogP contribution in [0.1, 0.15) is 64.4 Å². The van der Waals surface area contributed by atoms with E-state index in [9.17, 15) is 23.1 Å². The molecule has 4 nitrogen and oxygen atoms in total. The highest BCUT2D eigenvalue weighted by Crippen LogP contribution is 2.32. The van der Waals surface area contributed by atoms with Gasteiger partial charge in [0.2, 0.25) is 0 Å². The first-order valence-electron chi connectivity index (χ1n) is 13.7. The van der Waals surface area contributed by atoms with Gasteiger partial charge in [-0.1, -0.05) is 62.8 Å². The molecule has 1 heterocycles. The third kappa shape index (κ3) is 8.15. The van der Waals surface area contributed by atoms with Crippen LogP contribution < -0.4 is 15.8 Å². The van der Waals surface area contributed by atoms with Crippen LogP contribution in [0, 0.1) is 11.8 Å². The molecule has 1 fully saturated rings. The van der Waals surface area contributed by atoms with E-state index in [4.69, 9.17) is 4.98 Å². The van der Waals surface area contributed by atoms with Crippen molar-refractivity contribution in [2.45, 2.75) is 71.0 Å². The van der Waals surface area contributed by atoms with Crippen LogP contribution in [0.15, 0.2) is 55.3 Å². The molecule has 2 N–H and O–H groups in total. The number of nitrogens with one attached hydrogen (secondary N) is 1. The maximum Gasteiger partial charge on any atom is 0.416 e. The zero-order valence-electron chi connectivity index (χ0n) is 22.8. The summed E-state index contributed by atoms with van der Waals surface area (Å²) in [6.45, 7) is 7.59. The fraction of sp³-hybridized carbons (Fsp3) is 0.438. The Balaban J connectivity index is 2.05. The second-order valence-corrected chi connectivity index (χ2v) is 10.2. The summed E-state index contributed by atoms with van der Waals surface area (Å²) in [5.41, 5.74) is 0.742. The average molecular weight is 541 g/mol. The molecule has 1 saturated carbocycles. The van der Waals surface area contributed by atoms with Crippen molar-refractivity contribution < 1.29 is 23.1 Å². The molecule has 7 heteroatoms. The predicted molar refractivity (Wildman–Crippen MR) is 152 cm³/mol. The number of hydrogen-bond donors (Lipinski definition) is 2. The van der Waals surface area contributed by atoms with Crippen molar-refractivity contribution in [3.63, 3.8) is 0 Å². The highest BCUT2D eigenvalue weighted by atomic mass is 19.4. The van der Waals surface area contributed by atoms with Crippen molar-refractivity contribution in [1.29, 1.82) is 0 Å². The molecule has 1 aromatic carbocycles. The van der Waals surface area contributed by atoms with Gasteiger partial charge in [-0.05, 0) is 67.5 Å². The van der Waals surface area contributed by atoms with E-state index < -0.39 is 11.7 Å². The molecule has 1 aliphatic carbocycles. The van der Waals surface area contributed by atoms with Crippen molar-refractivity contribution in [2.24, 2.45) is 11.8 Å². The summed E-state index contributed by atoms with van der Waals surface area (Å²) in [6.07, 6.45) is 12.2. The number of carbonyl (C=O) groups is 1. The average Bonchev–Trinajstić information content (AvgIpc) is 3.11. The molecule has 39 heavy (non-hydrogen) atoms. The second kappa shape index (κ2) is 14.3. The quantitative estimate of drug-likeness (QED) is 0.269. The Morgan fingerprint density at radius 2 is 1.95 bits per heavy atom. The zero-order valence-corrected chi connectivity index (χ0v) is 22.8. The van der Waals surface area contributed by atoms with Gasteiger partial charge in [0, 0.05) is 42.0 Å². The first-order chi connectivity index (χ1) is 18.7. The largest absolute Gasteiger partial charge is 0.416 e. The molecule has 1 unspecified atom stereocenters. The first kappa shape index (κ1) is 30.4. The summed E-state index contributed by atoms with van der Waals surface area (Å²) < 4.78 is 39.5. The monoisotopic (exact) mass is 540 g/mol. The Morgan fingerprint density at radius 3 is 2.56 bits per heavy atom. The highest BCUT2D eigenvalue weighted by Gasteiger charge is 2.31. The molecule has 1 aromatic heterocycles. The maximum absolute atomic E-state index is 13.2.